The highest BCUT2D eigenvalue weighted by molar-refractivity contribution is 5.32. The molecule has 1 aliphatic rings. The Morgan fingerprint density at radius 2 is 1.80 bits per heavy atom. The first-order valence-corrected chi connectivity index (χ1v) is 5.88. The predicted octanol–water partition coefficient (Wildman–Crippen LogP) is 3.19. The number of hydrogen-bond acceptors (Lipinski definition) is 1. The zero-order valence-electron chi connectivity index (χ0n) is 10.1. The van der Waals surface area contributed by atoms with Crippen LogP contribution in [0.3, 0.4) is 0 Å². The minimum Gasteiger partial charge on any atom is -0.299 e. The molecule has 0 bridgehead atoms. The summed E-state index contributed by atoms with van der Waals surface area (Å²) in [5.74, 6) is 0. The number of likely N-dealkylation sites (tertiary alicyclic amines) is 1. The Bertz CT molecular complexity index is 331. The van der Waals surface area contributed by atoms with Crippen LogP contribution in [0.15, 0.2) is 24.3 Å². The van der Waals surface area contributed by atoms with E-state index in [0.29, 0.717) is 0 Å². The van der Waals surface area contributed by atoms with E-state index in [0.717, 1.165) is 6.54 Å². The molecule has 1 nitrogen and oxygen atoms in total. The average Bonchev–Trinajstić information content (AvgIpc) is 2.10. The van der Waals surface area contributed by atoms with Gasteiger partial charge in [0.05, 0.1) is 0 Å². The van der Waals surface area contributed by atoms with Crippen molar-refractivity contribution >= 4 is 0 Å². The summed E-state index contributed by atoms with van der Waals surface area (Å²) in [4.78, 5) is 2.52. The molecule has 0 aromatic heterocycles. The van der Waals surface area contributed by atoms with Gasteiger partial charge in [0.1, 0.15) is 0 Å². The van der Waals surface area contributed by atoms with Crippen molar-refractivity contribution < 1.29 is 0 Å². The van der Waals surface area contributed by atoms with Crippen LogP contribution in [0.25, 0.3) is 0 Å². The molecule has 82 valence electrons. The molecule has 1 fully saturated rings. The molecule has 0 atom stereocenters. The second-order valence-electron chi connectivity index (χ2n) is 5.54. The van der Waals surface area contributed by atoms with Crippen LogP contribution >= 0.6 is 0 Å². The van der Waals surface area contributed by atoms with Crippen LogP contribution in [0.5, 0.6) is 0 Å². The summed E-state index contributed by atoms with van der Waals surface area (Å²) in [5, 5.41) is 0. The van der Waals surface area contributed by atoms with Gasteiger partial charge in [-0.1, -0.05) is 45.0 Å². The lowest BCUT2D eigenvalue weighted by atomic mass is 9.83. The minimum atomic E-state index is 0.265. The van der Waals surface area contributed by atoms with Gasteiger partial charge in [-0.05, 0) is 36.1 Å². The van der Waals surface area contributed by atoms with Crippen LogP contribution in [0.4, 0.5) is 0 Å². The van der Waals surface area contributed by atoms with E-state index in [1.807, 2.05) is 0 Å². The molecule has 0 radical (unpaired) electrons. The molecule has 1 aliphatic heterocycles. The molecule has 1 heterocycles. The van der Waals surface area contributed by atoms with Crippen molar-refractivity contribution in [1.82, 2.24) is 4.90 Å². The molecule has 1 heteroatoms. The minimum absolute atomic E-state index is 0.265. The molecule has 0 unspecified atom stereocenters. The molecule has 1 aromatic rings. The van der Waals surface area contributed by atoms with Crippen molar-refractivity contribution in [3.8, 4) is 0 Å². The smallest absolute Gasteiger partial charge is 0.0236 e. The molecule has 15 heavy (non-hydrogen) atoms. The Morgan fingerprint density at radius 1 is 1.13 bits per heavy atom. The van der Waals surface area contributed by atoms with E-state index >= 15 is 0 Å². The van der Waals surface area contributed by atoms with Crippen LogP contribution < -0.4 is 0 Å². The quantitative estimate of drug-likeness (QED) is 0.713. The van der Waals surface area contributed by atoms with Gasteiger partial charge >= 0.3 is 0 Å². The molecule has 0 amide bonds. The van der Waals surface area contributed by atoms with Gasteiger partial charge in [-0.3, -0.25) is 4.90 Å². The Morgan fingerprint density at radius 3 is 2.33 bits per heavy atom. The second kappa shape index (κ2) is 3.97. The van der Waals surface area contributed by atoms with Gasteiger partial charge in [0.25, 0.3) is 0 Å². The lowest BCUT2D eigenvalue weighted by Gasteiger charge is -2.33. The summed E-state index contributed by atoms with van der Waals surface area (Å²) in [6.07, 6.45) is 1.37. The van der Waals surface area contributed by atoms with Crippen LogP contribution in [0.2, 0.25) is 0 Å². The summed E-state index contributed by atoms with van der Waals surface area (Å²) in [6, 6.07) is 8.86. The van der Waals surface area contributed by atoms with Gasteiger partial charge in [-0.2, -0.15) is 0 Å². The van der Waals surface area contributed by atoms with E-state index in [1.54, 1.807) is 0 Å². The van der Waals surface area contributed by atoms with Crippen molar-refractivity contribution in [2.75, 3.05) is 13.1 Å². The molecule has 1 aromatic carbocycles. The summed E-state index contributed by atoms with van der Waals surface area (Å²) < 4.78 is 0. The normalized spacial score (nSPS) is 17.5. The Labute approximate surface area is 93.1 Å². The van der Waals surface area contributed by atoms with Gasteiger partial charge in [0.2, 0.25) is 0 Å². The third kappa shape index (κ3) is 2.40. The van der Waals surface area contributed by atoms with Gasteiger partial charge in [0, 0.05) is 6.54 Å². The summed E-state index contributed by atoms with van der Waals surface area (Å²) in [6.45, 7) is 10.6. The zero-order valence-corrected chi connectivity index (χ0v) is 10.1. The maximum Gasteiger partial charge on any atom is 0.0236 e. The SMILES string of the molecule is CC(C)(C)c1ccccc1CN1CCC1. The Hall–Kier alpha value is -0.820. The summed E-state index contributed by atoms with van der Waals surface area (Å²) >= 11 is 0. The highest BCUT2D eigenvalue weighted by Crippen LogP contribution is 2.27. The standard InChI is InChI=1S/C14H21N/c1-14(2,3)13-8-5-4-7-12(13)11-15-9-6-10-15/h4-5,7-8H,6,9-11H2,1-3H3. The van der Waals surface area contributed by atoms with Crippen LogP contribution in [0, 0.1) is 0 Å². The fourth-order valence-electron chi connectivity index (χ4n) is 2.17. The lowest BCUT2D eigenvalue weighted by Crippen LogP contribution is -2.37. The first-order valence-electron chi connectivity index (χ1n) is 5.88. The van der Waals surface area contributed by atoms with E-state index in [4.69, 9.17) is 0 Å². The van der Waals surface area contributed by atoms with E-state index < -0.39 is 0 Å². The molecule has 0 saturated carbocycles. The van der Waals surface area contributed by atoms with E-state index in [2.05, 4.69) is 49.9 Å². The molecule has 2 rings (SSSR count). The topological polar surface area (TPSA) is 3.24 Å². The van der Waals surface area contributed by atoms with Crippen LogP contribution in [0.1, 0.15) is 38.3 Å². The first-order chi connectivity index (χ1) is 7.07. The molecule has 0 aliphatic carbocycles. The highest BCUT2D eigenvalue weighted by atomic mass is 15.2. The van der Waals surface area contributed by atoms with E-state index in [-0.39, 0.29) is 5.41 Å². The molecule has 0 N–H and O–H groups in total. The van der Waals surface area contributed by atoms with Crippen LogP contribution in [-0.4, -0.2) is 18.0 Å². The van der Waals surface area contributed by atoms with Crippen molar-refractivity contribution in [2.24, 2.45) is 0 Å². The third-order valence-corrected chi connectivity index (χ3v) is 3.17. The Balaban J connectivity index is 2.21. The molecule has 1 saturated heterocycles. The number of nitrogens with zero attached hydrogens (tertiary/aromatic N) is 1. The average molecular weight is 203 g/mol. The fourth-order valence-corrected chi connectivity index (χ4v) is 2.17. The largest absolute Gasteiger partial charge is 0.299 e. The van der Waals surface area contributed by atoms with Crippen LogP contribution in [-0.2, 0) is 12.0 Å². The van der Waals surface area contributed by atoms with Gasteiger partial charge in [-0.15, -0.1) is 0 Å². The monoisotopic (exact) mass is 203 g/mol. The van der Waals surface area contributed by atoms with Crippen molar-refractivity contribution in [1.29, 1.82) is 0 Å². The zero-order chi connectivity index (χ0) is 10.9. The number of benzene rings is 1. The number of hydrogen-bond donors (Lipinski definition) is 0. The predicted molar refractivity (Wildman–Crippen MR) is 65.0 cm³/mol. The Kier molecular flexibility index (Phi) is 2.83. The maximum absolute atomic E-state index is 2.52. The first kappa shape index (κ1) is 10.7. The van der Waals surface area contributed by atoms with Crippen molar-refractivity contribution in [3.05, 3.63) is 35.4 Å². The summed E-state index contributed by atoms with van der Waals surface area (Å²) in [7, 11) is 0. The summed E-state index contributed by atoms with van der Waals surface area (Å²) in [5.41, 5.74) is 3.27. The van der Waals surface area contributed by atoms with Crippen molar-refractivity contribution in [3.63, 3.8) is 0 Å². The molecular formula is C14H21N. The van der Waals surface area contributed by atoms with Gasteiger partial charge in [0.15, 0.2) is 0 Å². The fraction of sp³-hybridized carbons (Fsp3) is 0.571. The van der Waals surface area contributed by atoms with Crippen molar-refractivity contribution in [2.45, 2.75) is 39.2 Å². The molecule has 0 spiro atoms. The highest BCUT2D eigenvalue weighted by Gasteiger charge is 2.20. The molecular weight excluding hydrogens is 182 g/mol. The van der Waals surface area contributed by atoms with Gasteiger partial charge in [-0.25, -0.2) is 0 Å². The second-order valence-corrected chi connectivity index (χ2v) is 5.54. The van der Waals surface area contributed by atoms with E-state index in [9.17, 15) is 0 Å². The van der Waals surface area contributed by atoms with E-state index in [1.165, 1.54) is 30.6 Å². The number of rotatable bonds is 2. The maximum atomic E-state index is 2.52. The third-order valence-electron chi connectivity index (χ3n) is 3.17. The van der Waals surface area contributed by atoms with Gasteiger partial charge < -0.3 is 0 Å². The lowest BCUT2D eigenvalue weighted by molar-refractivity contribution is 0.171.